The van der Waals surface area contributed by atoms with E-state index in [0.717, 1.165) is 4.31 Å². The van der Waals surface area contributed by atoms with E-state index in [1.54, 1.807) is 6.92 Å². The van der Waals surface area contributed by atoms with Gasteiger partial charge in [-0.2, -0.15) is 4.31 Å². The van der Waals surface area contributed by atoms with Crippen LogP contribution in [0.15, 0.2) is 23.1 Å². The summed E-state index contributed by atoms with van der Waals surface area (Å²) in [7, 11) is -2.61. The highest BCUT2D eigenvalue weighted by molar-refractivity contribution is 7.89. The standard InChI is InChI=1S/C12H16ClN3O3S2/c1-3-15-11(17)7-16(2)21(18,19)10-6-8(12(14)20)4-5-9(10)13/h4-6H,3,7H2,1-2H3,(H2,14,20)(H,15,17). The molecule has 0 atom stereocenters. The first kappa shape index (κ1) is 17.8. The molecule has 0 heterocycles. The molecule has 0 aliphatic heterocycles. The fraction of sp³-hybridized carbons (Fsp3) is 0.333. The fourth-order valence-electron chi connectivity index (χ4n) is 1.56. The fourth-order valence-corrected chi connectivity index (χ4v) is 3.31. The lowest BCUT2D eigenvalue weighted by molar-refractivity contribution is -0.121. The number of carbonyl (C=O) groups is 1. The van der Waals surface area contributed by atoms with E-state index in [1.165, 1.54) is 25.2 Å². The van der Waals surface area contributed by atoms with Crippen LogP contribution in [0.3, 0.4) is 0 Å². The lowest BCUT2D eigenvalue weighted by atomic mass is 10.2. The third-order valence-electron chi connectivity index (χ3n) is 2.64. The Morgan fingerprint density at radius 3 is 2.62 bits per heavy atom. The third kappa shape index (κ3) is 4.37. The Hall–Kier alpha value is -1.22. The van der Waals surface area contributed by atoms with Crippen molar-refractivity contribution in [2.75, 3.05) is 20.1 Å². The maximum absolute atomic E-state index is 12.4. The van der Waals surface area contributed by atoms with Crippen molar-refractivity contribution in [1.82, 2.24) is 9.62 Å². The number of hydrogen-bond donors (Lipinski definition) is 2. The SMILES string of the molecule is CCNC(=O)CN(C)S(=O)(=O)c1cc(C(N)=S)ccc1Cl. The molecule has 116 valence electrons. The number of halogens is 1. The zero-order valence-corrected chi connectivity index (χ0v) is 14.0. The number of rotatable bonds is 6. The maximum atomic E-state index is 12.4. The Balaban J connectivity index is 3.15. The van der Waals surface area contributed by atoms with Crippen molar-refractivity contribution in [3.8, 4) is 0 Å². The molecule has 0 saturated heterocycles. The summed E-state index contributed by atoms with van der Waals surface area (Å²) < 4.78 is 25.8. The molecule has 21 heavy (non-hydrogen) atoms. The Morgan fingerprint density at radius 2 is 2.10 bits per heavy atom. The highest BCUT2D eigenvalue weighted by Crippen LogP contribution is 2.25. The Kier molecular flexibility index (Phi) is 6.09. The van der Waals surface area contributed by atoms with Gasteiger partial charge < -0.3 is 11.1 Å². The summed E-state index contributed by atoms with van der Waals surface area (Å²) in [5.74, 6) is -0.398. The van der Waals surface area contributed by atoms with Crippen molar-refractivity contribution < 1.29 is 13.2 Å². The number of benzene rings is 1. The highest BCUT2D eigenvalue weighted by atomic mass is 35.5. The van der Waals surface area contributed by atoms with E-state index in [2.05, 4.69) is 5.32 Å². The van der Waals surface area contributed by atoms with Gasteiger partial charge in [0.05, 0.1) is 11.6 Å². The minimum Gasteiger partial charge on any atom is -0.389 e. The van der Waals surface area contributed by atoms with Gasteiger partial charge in [-0.25, -0.2) is 8.42 Å². The van der Waals surface area contributed by atoms with Crippen molar-refractivity contribution in [2.24, 2.45) is 5.73 Å². The van der Waals surface area contributed by atoms with Crippen molar-refractivity contribution >= 4 is 44.7 Å². The first-order chi connectivity index (χ1) is 9.70. The van der Waals surface area contributed by atoms with Crippen LogP contribution in [0.2, 0.25) is 5.02 Å². The van der Waals surface area contributed by atoms with Crippen LogP contribution in [0.1, 0.15) is 12.5 Å². The van der Waals surface area contributed by atoms with Crippen molar-refractivity contribution in [3.05, 3.63) is 28.8 Å². The second-order valence-corrected chi connectivity index (χ2v) is 7.08. The molecule has 0 unspecified atom stereocenters. The number of thiocarbonyl (C=S) groups is 1. The molecule has 0 aliphatic carbocycles. The number of nitrogens with one attached hydrogen (secondary N) is 1. The molecule has 1 aromatic carbocycles. The van der Waals surface area contributed by atoms with Crippen LogP contribution in [0, 0.1) is 0 Å². The summed E-state index contributed by atoms with van der Waals surface area (Å²) in [5.41, 5.74) is 5.88. The van der Waals surface area contributed by atoms with E-state index in [9.17, 15) is 13.2 Å². The molecule has 0 saturated carbocycles. The van der Waals surface area contributed by atoms with Gasteiger partial charge in [0.1, 0.15) is 9.88 Å². The van der Waals surface area contributed by atoms with Crippen LogP contribution in [-0.2, 0) is 14.8 Å². The number of amides is 1. The number of nitrogens with two attached hydrogens (primary N) is 1. The molecule has 0 spiro atoms. The minimum absolute atomic E-state index is 0.0396. The molecule has 1 rings (SSSR count). The van der Waals surface area contributed by atoms with E-state index in [1.807, 2.05) is 0 Å². The van der Waals surface area contributed by atoms with Gasteiger partial charge in [0.25, 0.3) is 0 Å². The van der Waals surface area contributed by atoms with Crippen molar-refractivity contribution in [2.45, 2.75) is 11.8 Å². The zero-order valence-electron chi connectivity index (χ0n) is 11.6. The second kappa shape index (κ2) is 7.17. The molecule has 1 aromatic rings. The normalized spacial score (nSPS) is 11.4. The lowest BCUT2D eigenvalue weighted by Gasteiger charge is -2.18. The number of carbonyl (C=O) groups excluding carboxylic acids is 1. The molecule has 0 radical (unpaired) electrons. The van der Waals surface area contributed by atoms with Crippen LogP contribution in [0.5, 0.6) is 0 Å². The summed E-state index contributed by atoms with van der Waals surface area (Å²) in [6.45, 7) is 1.86. The van der Waals surface area contributed by atoms with Crippen LogP contribution in [0.25, 0.3) is 0 Å². The van der Waals surface area contributed by atoms with Crippen LogP contribution < -0.4 is 11.1 Å². The van der Waals surface area contributed by atoms with Gasteiger partial charge >= 0.3 is 0 Å². The van der Waals surface area contributed by atoms with E-state index in [4.69, 9.17) is 29.6 Å². The molecule has 3 N–H and O–H groups in total. The van der Waals surface area contributed by atoms with Gasteiger partial charge in [0.15, 0.2) is 0 Å². The molecule has 9 heteroatoms. The van der Waals surface area contributed by atoms with E-state index < -0.39 is 15.9 Å². The smallest absolute Gasteiger partial charge is 0.244 e. The number of hydrogen-bond acceptors (Lipinski definition) is 4. The third-order valence-corrected chi connectivity index (χ3v) is 5.16. The van der Waals surface area contributed by atoms with Gasteiger partial charge in [0, 0.05) is 19.2 Å². The molecule has 6 nitrogen and oxygen atoms in total. The summed E-state index contributed by atoms with van der Waals surface area (Å²) in [4.78, 5) is 11.4. The average Bonchev–Trinajstić information content (AvgIpc) is 2.38. The largest absolute Gasteiger partial charge is 0.389 e. The number of likely N-dealkylation sites (N-methyl/N-ethyl adjacent to an activating group) is 2. The van der Waals surface area contributed by atoms with Crippen LogP contribution >= 0.6 is 23.8 Å². The molecule has 0 fully saturated rings. The topological polar surface area (TPSA) is 92.5 Å². The Labute approximate surface area is 134 Å². The van der Waals surface area contributed by atoms with E-state index >= 15 is 0 Å². The van der Waals surface area contributed by atoms with Gasteiger partial charge in [-0.1, -0.05) is 29.9 Å². The second-order valence-electron chi connectivity index (χ2n) is 4.22. The number of sulfonamides is 1. The Bertz CT molecular complexity index is 662. The Morgan fingerprint density at radius 1 is 1.48 bits per heavy atom. The van der Waals surface area contributed by atoms with Crippen molar-refractivity contribution in [1.29, 1.82) is 0 Å². The van der Waals surface area contributed by atoms with Gasteiger partial charge in [-0.05, 0) is 19.1 Å². The quantitative estimate of drug-likeness (QED) is 0.739. The predicted molar refractivity (Wildman–Crippen MR) is 85.8 cm³/mol. The minimum atomic E-state index is -3.91. The molecule has 0 aliphatic rings. The lowest BCUT2D eigenvalue weighted by Crippen LogP contribution is -2.38. The summed E-state index contributed by atoms with van der Waals surface area (Å²) >= 11 is 10.8. The first-order valence-electron chi connectivity index (χ1n) is 6.02. The molecular weight excluding hydrogens is 334 g/mol. The number of nitrogens with zero attached hydrogens (tertiary/aromatic N) is 1. The molecular formula is C12H16ClN3O3S2. The zero-order chi connectivity index (χ0) is 16.2. The first-order valence-corrected chi connectivity index (χ1v) is 8.25. The summed E-state index contributed by atoms with van der Waals surface area (Å²) in [6.07, 6.45) is 0. The molecule has 0 bridgehead atoms. The molecule has 1 amide bonds. The van der Waals surface area contributed by atoms with Crippen molar-refractivity contribution in [3.63, 3.8) is 0 Å². The maximum Gasteiger partial charge on any atom is 0.244 e. The van der Waals surface area contributed by atoms with E-state index in [0.29, 0.717) is 12.1 Å². The van der Waals surface area contributed by atoms with Gasteiger partial charge in [0.2, 0.25) is 15.9 Å². The summed E-state index contributed by atoms with van der Waals surface area (Å²) in [5, 5.41) is 2.56. The predicted octanol–water partition coefficient (Wildman–Crippen LogP) is 0.731. The average molecular weight is 350 g/mol. The van der Waals surface area contributed by atoms with Crippen LogP contribution in [0.4, 0.5) is 0 Å². The monoisotopic (exact) mass is 349 g/mol. The summed E-state index contributed by atoms with van der Waals surface area (Å²) in [6, 6.07) is 4.24. The van der Waals surface area contributed by atoms with Gasteiger partial charge in [-0.15, -0.1) is 0 Å². The molecule has 0 aromatic heterocycles. The van der Waals surface area contributed by atoms with Crippen LogP contribution in [-0.4, -0.2) is 43.8 Å². The highest BCUT2D eigenvalue weighted by Gasteiger charge is 2.25. The van der Waals surface area contributed by atoms with Gasteiger partial charge in [-0.3, -0.25) is 4.79 Å². The van der Waals surface area contributed by atoms with E-state index in [-0.39, 0.29) is 21.5 Å².